The number of nitrogens with one attached hydrogen (secondary N) is 1. The third-order valence-electron chi connectivity index (χ3n) is 1.37. The van der Waals surface area contributed by atoms with Gasteiger partial charge in [0.15, 0.2) is 5.75 Å². The Morgan fingerprint density at radius 3 is 3.09 bits per heavy atom. The first-order chi connectivity index (χ1) is 5.34. The summed E-state index contributed by atoms with van der Waals surface area (Å²) in [6, 6.07) is 1.75. The van der Waals surface area contributed by atoms with Crippen LogP contribution in [0.1, 0.15) is 13.3 Å². The van der Waals surface area contributed by atoms with Crippen LogP contribution < -0.4 is 5.32 Å². The summed E-state index contributed by atoms with van der Waals surface area (Å²) in [5.74, 6) is 0.209. The molecule has 0 bridgehead atoms. The molecule has 0 spiro atoms. The zero-order valence-electron chi connectivity index (χ0n) is 6.54. The Bertz CT molecular complexity index is 225. The van der Waals surface area contributed by atoms with Gasteiger partial charge < -0.3 is 10.4 Å². The fraction of sp³-hybridized carbons (Fsp3) is 0.375. The van der Waals surface area contributed by atoms with Gasteiger partial charge in [-0.15, -0.1) is 0 Å². The first kappa shape index (κ1) is 7.85. The van der Waals surface area contributed by atoms with Gasteiger partial charge in [-0.2, -0.15) is 0 Å². The number of aromatic nitrogens is 1. The molecule has 0 aromatic carbocycles. The average molecular weight is 152 g/mol. The van der Waals surface area contributed by atoms with Crippen molar-refractivity contribution in [3.8, 4) is 5.75 Å². The summed E-state index contributed by atoms with van der Waals surface area (Å²) in [4.78, 5) is 3.76. The van der Waals surface area contributed by atoms with Crippen molar-refractivity contribution in [3.05, 3.63) is 18.5 Å². The zero-order chi connectivity index (χ0) is 8.10. The van der Waals surface area contributed by atoms with Crippen molar-refractivity contribution in [1.82, 2.24) is 4.98 Å². The lowest BCUT2D eigenvalue weighted by atomic mass is 10.3. The molecule has 0 saturated carbocycles. The molecule has 2 N–H and O–H groups in total. The normalized spacial score (nSPS) is 9.55. The van der Waals surface area contributed by atoms with Gasteiger partial charge in [-0.3, -0.25) is 4.98 Å². The Labute approximate surface area is 66.1 Å². The van der Waals surface area contributed by atoms with Gasteiger partial charge in [0, 0.05) is 12.7 Å². The third-order valence-corrected chi connectivity index (χ3v) is 1.37. The second-order valence-corrected chi connectivity index (χ2v) is 2.32. The van der Waals surface area contributed by atoms with Crippen LogP contribution in [0.5, 0.6) is 5.75 Å². The Balaban J connectivity index is 2.62. The fourth-order valence-corrected chi connectivity index (χ4v) is 0.795. The Hall–Kier alpha value is -1.25. The van der Waals surface area contributed by atoms with Gasteiger partial charge in [-0.25, -0.2) is 0 Å². The summed E-state index contributed by atoms with van der Waals surface area (Å²) in [5.41, 5.74) is 0.752. The van der Waals surface area contributed by atoms with Gasteiger partial charge in [0.1, 0.15) is 0 Å². The predicted molar refractivity (Wildman–Crippen MR) is 44.7 cm³/mol. The molecule has 0 fully saturated rings. The van der Waals surface area contributed by atoms with Crippen LogP contribution in [0.15, 0.2) is 18.5 Å². The SMILES string of the molecule is CCCNc1ccncc1O. The smallest absolute Gasteiger partial charge is 0.157 e. The predicted octanol–water partition coefficient (Wildman–Crippen LogP) is 1.61. The number of nitrogens with zero attached hydrogens (tertiary/aromatic N) is 1. The minimum Gasteiger partial charge on any atom is -0.504 e. The molecule has 0 aliphatic heterocycles. The molecule has 1 rings (SSSR count). The lowest BCUT2D eigenvalue weighted by Gasteiger charge is -2.04. The average Bonchev–Trinajstić information content (AvgIpc) is 2.03. The minimum absolute atomic E-state index is 0.209. The van der Waals surface area contributed by atoms with Gasteiger partial charge in [0.25, 0.3) is 0 Å². The van der Waals surface area contributed by atoms with Crippen molar-refractivity contribution >= 4 is 5.69 Å². The molecular weight excluding hydrogens is 140 g/mol. The highest BCUT2D eigenvalue weighted by molar-refractivity contribution is 5.53. The molecule has 1 aromatic heterocycles. The molecular formula is C8H12N2O. The van der Waals surface area contributed by atoms with E-state index in [0.29, 0.717) is 0 Å². The summed E-state index contributed by atoms with van der Waals surface area (Å²) < 4.78 is 0. The van der Waals surface area contributed by atoms with E-state index in [4.69, 9.17) is 0 Å². The number of anilines is 1. The monoisotopic (exact) mass is 152 g/mol. The summed E-state index contributed by atoms with van der Waals surface area (Å²) in [6.45, 7) is 2.95. The minimum atomic E-state index is 0.209. The maximum atomic E-state index is 9.21. The quantitative estimate of drug-likeness (QED) is 0.691. The molecule has 3 heteroatoms. The Kier molecular flexibility index (Phi) is 2.72. The van der Waals surface area contributed by atoms with E-state index in [0.717, 1.165) is 18.7 Å². The van der Waals surface area contributed by atoms with E-state index in [1.807, 2.05) is 0 Å². The number of pyridine rings is 1. The molecule has 0 radical (unpaired) electrons. The highest BCUT2D eigenvalue weighted by Crippen LogP contribution is 2.19. The van der Waals surface area contributed by atoms with Gasteiger partial charge in [0.05, 0.1) is 11.9 Å². The van der Waals surface area contributed by atoms with Gasteiger partial charge in [-0.1, -0.05) is 6.92 Å². The zero-order valence-corrected chi connectivity index (χ0v) is 6.54. The molecule has 3 nitrogen and oxygen atoms in total. The maximum Gasteiger partial charge on any atom is 0.157 e. The van der Waals surface area contributed by atoms with E-state index in [9.17, 15) is 5.11 Å². The van der Waals surface area contributed by atoms with Crippen molar-refractivity contribution in [3.63, 3.8) is 0 Å². The summed E-state index contributed by atoms with van der Waals surface area (Å²) in [5, 5.41) is 12.3. The fourth-order valence-electron chi connectivity index (χ4n) is 0.795. The van der Waals surface area contributed by atoms with Crippen LogP contribution in [-0.2, 0) is 0 Å². The first-order valence-electron chi connectivity index (χ1n) is 3.71. The largest absolute Gasteiger partial charge is 0.504 e. The van der Waals surface area contributed by atoms with E-state index in [-0.39, 0.29) is 5.75 Å². The summed E-state index contributed by atoms with van der Waals surface area (Å²) in [6.07, 6.45) is 4.12. The Morgan fingerprint density at radius 1 is 1.64 bits per heavy atom. The first-order valence-corrected chi connectivity index (χ1v) is 3.71. The molecule has 11 heavy (non-hydrogen) atoms. The number of rotatable bonds is 3. The standard InChI is InChI=1S/C8H12N2O/c1-2-4-10-7-3-5-9-6-8(7)11/h3,5-6,11H,2,4H2,1H3,(H,9,10). The molecule has 60 valence electrons. The molecule has 0 saturated heterocycles. The van der Waals surface area contributed by atoms with Crippen LogP contribution in [0.2, 0.25) is 0 Å². The Morgan fingerprint density at radius 2 is 2.45 bits per heavy atom. The molecule has 0 unspecified atom stereocenters. The summed E-state index contributed by atoms with van der Waals surface area (Å²) >= 11 is 0. The highest BCUT2D eigenvalue weighted by atomic mass is 16.3. The molecule has 1 heterocycles. The van der Waals surface area contributed by atoms with E-state index in [1.165, 1.54) is 6.20 Å². The van der Waals surface area contributed by atoms with E-state index >= 15 is 0 Å². The number of aromatic hydroxyl groups is 1. The molecule has 0 aliphatic carbocycles. The van der Waals surface area contributed by atoms with Gasteiger partial charge >= 0.3 is 0 Å². The van der Waals surface area contributed by atoms with Crippen molar-refractivity contribution in [1.29, 1.82) is 0 Å². The highest BCUT2D eigenvalue weighted by Gasteiger charge is 1.95. The molecule has 0 amide bonds. The van der Waals surface area contributed by atoms with Crippen LogP contribution in [-0.4, -0.2) is 16.6 Å². The van der Waals surface area contributed by atoms with Crippen LogP contribution in [0.4, 0.5) is 5.69 Å². The summed E-state index contributed by atoms with van der Waals surface area (Å²) in [7, 11) is 0. The molecule has 0 aliphatic rings. The maximum absolute atomic E-state index is 9.21. The van der Waals surface area contributed by atoms with Crippen molar-refractivity contribution in [2.75, 3.05) is 11.9 Å². The van der Waals surface area contributed by atoms with Crippen LogP contribution >= 0.6 is 0 Å². The lowest BCUT2D eigenvalue weighted by molar-refractivity contribution is 0.474. The van der Waals surface area contributed by atoms with Crippen molar-refractivity contribution < 1.29 is 5.11 Å². The molecule has 0 atom stereocenters. The second kappa shape index (κ2) is 3.81. The van der Waals surface area contributed by atoms with Gasteiger partial charge in [0.2, 0.25) is 0 Å². The molecule has 1 aromatic rings. The van der Waals surface area contributed by atoms with Crippen LogP contribution in [0.25, 0.3) is 0 Å². The van der Waals surface area contributed by atoms with Crippen molar-refractivity contribution in [2.45, 2.75) is 13.3 Å². The lowest BCUT2D eigenvalue weighted by Crippen LogP contribution is -1.99. The third kappa shape index (κ3) is 2.11. The van der Waals surface area contributed by atoms with E-state index < -0.39 is 0 Å². The topological polar surface area (TPSA) is 45.2 Å². The van der Waals surface area contributed by atoms with E-state index in [1.54, 1.807) is 12.3 Å². The van der Waals surface area contributed by atoms with Crippen LogP contribution in [0.3, 0.4) is 0 Å². The number of hydrogen-bond donors (Lipinski definition) is 2. The number of hydrogen-bond acceptors (Lipinski definition) is 3. The van der Waals surface area contributed by atoms with Gasteiger partial charge in [-0.05, 0) is 12.5 Å². The van der Waals surface area contributed by atoms with Crippen LogP contribution in [0, 0.1) is 0 Å². The van der Waals surface area contributed by atoms with E-state index in [2.05, 4.69) is 17.2 Å². The van der Waals surface area contributed by atoms with Crippen molar-refractivity contribution in [2.24, 2.45) is 0 Å². The second-order valence-electron chi connectivity index (χ2n) is 2.32.